The highest BCUT2D eigenvalue weighted by Crippen LogP contribution is 2.30. The van der Waals surface area contributed by atoms with Gasteiger partial charge < -0.3 is 4.74 Å². The molecule has 2 rings (SSSR count). The van der Waals surface area contributed by atoms with Gasteiger partial charge in [-0.05, 0) is 43.0 Å². The number of thioether (sulfide) groups is 1. The lowest BCUT2D eigenvalue weighted by atomic mass is 10.0. The largest absolute Gasteiger partial charge is 0.493 e. The van der Waals surface area contributed by atoms with Crippen LogP contribution in [0.1, 0.15) is 17.3 Å². The molecular weight excluding hydrogens is 294 g/mol. The lowest BCUT2D eigenvalue weighted by Gasteiger charge is -2.11. The van der Waals surface area contributed by atoms with Crippen LogP contribution >= 0.6 is 11.8 Å². The van der Waals surface area contributed by atoms with Crippen LogP contribution in [-0.2, 0) is 0 Å². The molecule has 0 atom stereocenters. The van der Waals surface area contributed by atoms with Gasteiger partial charge in [0.25, 0.3) is 0 Å². The van der Waals surface area contributed by atoms with Crippen molar-refractivity contribution in [3.05, 3.63) is 53.6 Å². The first-order chi connectivity index (χ1) is 10.1. The van der Waals surface area contributed by atoms with E-state index in [9.17, 15) is 13.6 Å². The highest BCUT2D eigenvalue weighted by molar-refractivity contribution is 8.13. The molecule has 0 amide bonds. The lowest BCUT2D eigenvalue weighted by molar-refractivity contribution is 0.108. The van der Waals surface area contributed by atoms with Crippen LogP contribution < -0.4 is 4.74 Å². The third-order valence-corrected chi connectivity index (χ3v) is 3.52. The minimum absolute atomic E-state index is 0.164. The van der Waals surface area contributed by atoms with Crippen molar-refractivity contribution in [2.75, 3.05) is 12.9 Å². The van der Waals surface area contributed by atoms with Crippen LogP contribution in [-0.4, -0.2) is 18.0 Å². The molecule has 2 aromatic rings. The highest BCUT2D eigenvalue weighted by atomic mass is 32.2. The minimum atomic E-state index is -0.665. The molecule has 21 heavy (non-hydrogen) atoms. The molecule has 5 heteroatoms. The number of carbonyl (C=O) groups excluding carboxylic acids is 1. The van der Waals surface area contributed by atoms with Crippen molar-refractivity contribution in [3.63, 3.8) is 0 Å². The lowest BCUT2D eigenvalue weighted by Crippen LogP contribution is -2.01. The summed E-state index contributed by atoms with van der Waals surface area (Å²) >= 11 is 1.06. The molecule has 0 N–H and O–H groups in total. The van der Waals surface area contributed by atoms with Gasteiger partial charge in [0, 0.05) is 11.6 Å². The average Bonchev–Trinajstić information content (AvgIpc) is 2.47. The van der Waals surface area contributed by atoms with Gasteiger partial charge in [0.15, 0.2) is 0 Å². The second-order valence-corrected chi connectivity index (χ2v) is 5.04. The van der Waals surface area contributed by atoms with Crippen LogP contribution in [0.2, 0.25) is 0 Å². The zero-order valence-corrected chi connectivity index (χ0v) is 12.5. The number of halogens is 2. The Kier molecular flexibility index (Phi) is 4.96. The number of ether oxygens (including phenoxy) is 1. The van der Waals surface area contributed by atoms with E-state index in [0.717, 1.165) is 17.8 Å². The molecule has 0 saturated heterocycles. The van der Waals surface area contributed by atoms with Gasteiger partial charge in [-0.2, -0.15) is 0 Å². The van der Waals surface area contributed by atoms with Gasteiger partial charge in [0.1, 0.15) is 17.4 Å². The Morgan fingerprint density at radius 1 is 1.19 bits per heavy atom. The molecule has 2 nitrogen and oxygen atoms in total. The topological polar surface area (TPSA) is 26.3 Å². The SMILES string of the molecule is CCOc1ccc(-c2ccc(F)cc2F)cc1C(=O)SC. The van der Waals surface area contributed by atoms with Crippen molar-refractivity contribution >= 4 is 16.9 Å². The maximum atomic E-state index is 13.8. The van der Waals surface area contributed by atoms with Gasteiger partial charge in [-0.25, -0.2) is 8.78 Å². The van der Waals surface area contributed by atoms with E-state index in [0.29, 0.717) is 23.5 Å². The summed E-state index contributed by atoms with van der Waals surface area (Å²) in [4.78, 5) is 12.0. The maximum Gasteiger partial charge on any atom is 0.222 e. The predicted octanol–water partition coefficient (Wildman–Crippen LogP) is 4.53. The molecular formula is C16H14F2O2S. The van der Waals surface area contributed by atoms with Crippen molar-refractivity contribution in [1.29, 1.82) is 0 Å². The van der Waals surface area contributed by atoms with Crippen LogP contribution in [0.25, 0.3) is 11.1 Å². The summed E-state index contributed by atoms with van der Waals surface area (Å²) in [6.45, 7) is 2.25. The maximum absolute atomic E-state index is 13.8. The van der Waals surface area contributed by atoms with Crippen molar-refractivity contribution in [1.82, 2.24) is 0 Å². The van der Waals surface area contributed by atoms with Crippen molar-refractivity contribution in [2.45, 2.75) is 6.92 Å². The summed E-state index contributed by atoms with van der Waals surface area (Å²) in [6, 6.07) is 8.21. The quantitative estimate of drug-likeness (QED) is 0.830. The van der Waals surface area contributed by atoms with Crippen LogP contribution in [0.5, 0.6) is 5.75 Å². The molecule has 0 aliphatic rings. The second-order valence-electron chi connectivity index (χ2n) is 4.26. The summed E-state index contributed by atoms with van der Waals surface area (Å²) in [5.41, 5.74) is 1.13. The number of rotatable bonds is 4. The van der Waals surface area contributed by atoms with E-state index < -0.39 is 11.6 Å². The van der Waals surface area contributed by atoms with Gasteiger partial charge in [-0.15, -0.1) is 0 Å². The Morgan fingerprint density at radius 3 is 2.57 bits per heavy atom. The number of hydrogen-bond acceptors (Lipinski definition) is 3. The molecule has 0 heterocycles. The van der Waals surface area contributed by atoms with Gasteiger partial charge in [0.2, 0.25) is 5.12 Å². The molecule has 0 spiro atoms. The van der Waals surface area contributed by atoms with E-state index in [1.165, 1.54) is 12.1 Å². The van der Waals surface area contributed by atoms with Gasteiger partial charge in [-0.3, -0.25) is 4.79 Å². The van der Waals surface area contributed by atoms with Crippen molar-refractivity contribution < 1.29 is 18.3 Å². The number of benzene rings is 2. The van der Waals surface area contributed by atoms with Crippen LogP contribution in [0, 0.1) is 11.6 Å². The Labute approximate surface area is 126 Å². The average molecular weight is 308 g/mol. The third kappa shape index (κ3) is 3.42. The van der Waals surface area contributed by atoms with E-state index >= 15 is 0 Å². The molecule has 2 aromatic carbocycles. The van der Waals surface area contributed by atoms with Gasteiger partial charge in [-0.1, -0.05) is 17.8 Å². The number of hydrogen-bond donors (Lipinski definition) is 0. The van der Waals surface area contributed by atoms with Crippen molar-refractivity contribution in [3.8, 4) is 16.9 Å². The first kappa shape index (κ1) is 15.5. The Bertz CT molecular complexity index is 671. The normalized spacial score (nSPS) is 10.5. The third-order valence-electron chi connectivity index (χ3n) is 2.93. The molecule has 0 unspecified atom stereocenters. The zero-order chi connectivity index (χ0) is 15.4. The summed E-state index contributed by atoms with van der Waals surface area (Å²) < 4.78 is 32.2. The fraction of sp³-hybridized carbons (Fsp3) is 0.188. The smallest absolute Gasteiger partial charge is 0.222 e. The van der Waals surface area contributed by atoms with Gasteiger partial charge >= 0.3 is 0 Å². The summed E-state index contributed by atoms with van der Waals surface area (Å²) in [7, 11) is 0. The first-order valence-electron chi connectivity index (χ1n) is 6.37. The molecule has 0 fully saturated rings. The predicted molar refractivity (Wildman–Crippen MR) is 80.8 cm³/mol. The molecule has 0 aromatic heterocycles. The Morgan fingerprint density at radius 2 is 1.95 bits per heavy atom. The van der Waals surface area contributed by atoms with E-state index in [1.54, 1.807) is 24.5 Å². The van der Waals surface area contributed by atoms with E-state index in [2.05, 4.69) is 0 Å². The molecule has 0 aliphatic heterocycles. The minimum Gasteiger partial charge on any atom is -0.493 e. The number of carbonyl (C=O) groups is 1. The highest BCUT2D eigenvalue weighted by Gasteiger charge is 2.15. The molecule has 0 aliphatic carbocycles. The van der Waals surface area contributed by atoms with E-state index in [1.807, 2.05) is 6.92 Å². The molecule has 0 bridgehead atoms. The standard InChI is InChI=1S/C16H14F2O2S/c1-3-20-15-7-4-10(8-13(15)16(19)21-2)12-6-5-11(17)9-14(12)18/h4-9H,3H2,1-2H3. The Hall–Kier alpha value is -1.88. The van der Waals surface area contributed by atoms with Crippen LogP contribution in [0.15, 0.2) is 36.4 Å². The second kappa shape index (κ2) is 6.72. The van der Waals surface area contributed by atoms with Crippen LogP contribution in [0.4, 0.5) is 8.78 Å². The molecule has 110 valence electrons. The van der Waals surface area contributed by atoms with Crippen molar-refractivity contribution in [2.24, 2.45) is 0 Å². The summed E-state index contributed by atoms with van der Waals surface area (Å²) in [6.07, 6.45) is 1.67. The first-order valence-corrected chi connectivity index (χ1v) is 7.60. The summed E-state index contributed by atoms with van der Waals surface area (Å²) in [5, 5.41) is -0.164. The fourth-order valence-electron chi connectivity index (χ4n) is 1.97. The van der Waals surface area contributed by atoms with Crippen LogP contribution in [0.3, 0.4) is 0 Å². The fourth-order valence-corrected chi connectivity index (χ4v) is 2.35. The monoisotopic (exact) mass is 308 g/mol. The zero-order valence-electron chi connectivity index (χ0n) is 11.7. The Balaban J connectivity index is 2.53. The van der Waals surface area contributed by atoms with E-state index in [4.69, 9.17) is 4.74 Å². The molecule has 0 radical (unpaired) electrons. The van der Waals surface area contributed by atoms with E-state index in [-0.39, 0.29) is 10.7 Å². The molecule has 0 saturated carbocycles. The van der Waals surface area contributed by atoms with Gasteiger partial charge in [0.05, 0.1) is 12.2 Å². The summed E-state index contributed by atoms with van der Waals surface area (Å²) in [5.74, 6) is -0.840.